The highest BCUT2D eigenvalue weighted by Crippen LogP contribution is 2.32. The number of aliphatic hydroxyl groups excluding tert-OH is 1. The predicted octanol–water partition coefficient (Wildman–Crippen LogP) is 2.63. The van der Waals surface area contributed by atoms with Crippen LogP contribution < -0.4 is 10.2 Å². The van der Waals surface area contributed by atoms with Crippen molar-refractivity contribution in [2.45, 2.75) is 51.7 Å². The zero-order valence-corrected chi connectivity index (χ0v) is 13.0. The Kier molecular flexibility index (Phi) is 5.62. The van der Waals surface area contributed by atoms with Crippen LogP contribution in [0.3, 0.4) is 0 Å². The van der Waals surface area contributed by atoms with E-state index >= 15 is 0 Å². The molecule has 0 bridgehead atoms. The molecule has 1 aliphatic rings. The number of para-hydroxylation sites is 1. The SMILES string of the molecule is CCC(CC)NC(=O)CN1CCCC(O)c2ccccc21. The lowest BCUT2D eigenvalue weighted by Crippen LogP contribution is -2.42. The molecule has 0 spiro atoms. The number of fused-ring (bicyclic) bond motifs is 1. The Bertz CT molecular complexity index is 472. The summed E-state index contributed by atoms with van der Waals surface area (Å²) in [6.45, 7) is 5.35. The van der Waals surface area contributed by atoms with E-state index in [1.165, 1.54) is 0 Å². The minimum atomic E-state index is -0.423. The van der Waals surface area contributed by atoms with E-state index in [1.54, 1.807) is 0 Å². The first-order chi connectivity index (χ1) is 10.2. The fraction of sp³-hybridized carbons (Fsp3) is 0.588. The molecule has 1 aliphatic heterocycles. The van der Waals surface area contributed by atoms with Gasteiger partial charge in [-0.1, -0.05) is 32.0 Å². The van der Waals surface area contributed by atoms with Crippen LogP contribution >= 0.6 is 0 Å². The van der Waals surface area contributed by atoms with Gasteiger partial charge in [-0.05, 0) is 31.7 Å². The molecule has 0 saturated carbocycles. The second-order valence-corrected chi connectivity index (χ2v) is 5.72. The Balaban J connectivity index is 2.09. The number of nitrogens with one attached hydrogen (secondary N) is 1. The molecular formula is C17H26N2O2. The maximum Gasteiger partial charge on any atom is 0.239 e. The third-order valence-electron chi connectivity index (χ3n) is 4.23. The lowest BCUT2D eigenvalue weighted by atomic mass is 10.0. The third-order valence-corrected chi connectivity index (χ3v) is 4.23. The van der Waals surface area contributed by atoms with Crippen LogP contribution in [0.2, 0.25) is 0 Å². The number of hydrogen-bond acceptors (Lipinski definition) is 3. The predicted molar refractivity (Wildman–Crippen MR) is 85.4 cm³/mol. The van der Waals surface area contributed by atoms with Crippen molar-refractivity contribution < 1.29 is 9.90 Å². The molecule has 1 unspecified atom stereocenters. The van der Waals surface area contributed by atoms with Crippen LogP contribution in [0.4, 0.5) is 5.69 Å². The number of rotatable bonds is 5. The summed E-state index contributed by atoms with van der Waals surface area (Å²) in [7, 11) is 0. The number of hydrogen-bond donors (Lipinski definition) is 2. The molecule has 4 heteroatoms. The Labute approximate surface area is 127 Å². The molecule has 1 aromatic carbocycles. The van der Waals surface area contributed by atoms with Crippen molar-refractivity contribution in [2.24, 2.45) is 0 Å². The lowest BCUT2D eigenvalue weighted by Gasteiger charge is -2.25. The first kappa shape index (κ1) is 15.8. The molecule has 1 atom stereocenters. The van der Waals surface area contributed by atoms with Gasteiger partial charge in [0.25, 0.3) is 0 Å². The van der Waals surface area contributed by atoms with E-state index in [9.17, 15) is 9.90 Å². The molecule has 21 heavy (non-hydrogen) atoms. The van der Waals surface area contributed by atoms with Crippen molar-refractivity contribution in [3.8, 4) is 0 Å². The summed E-state index contributed by atoms with van der Waals surface area (Å²) in [4.78, 5) is 14.3. The van der Waals surface area contributed by atoms with E-state index < -0.39 is 6.10 Å². The van der Waals surface area contributed by atoms with Gasteiger partial charge in [-0.15, -0.1) is 0 Å². The van der Waals surface area contributed by atoms with Crippen LogP contribution in [0.1, 0.15) is 51.2 Å². The number of benzene rings is 1. The van der Waals surface area contributed by atoms with Crippen molar-refractivity contribution in [3.05, 3.63) is 29.8 Å². The Hall–Kier alpha value is -1.55. The van der Waals surface area contributed by atoms with Gasteiger partial charge >= 0.3 is 0 Å². The number of carbonyl (C=O) groups excluding carboxylic acids is 1. The van der Waals surface area contributed by atoms with Gasteiger partial charge in [0.05, 0.1) is 12.6 Å². The number of carbonyl (C=O) groups is 1. The number of amides is 1. The minimum absolute atomic E-state index is 0.0647. The molecule has 116 valence electrons. The van der Waals surface area contributed by atoms with E-state index in [4.69, 9.17) is 0 Å². The monoisotopic (exact) mass is 290 g/mol. The molecule has 4 nitrogen and oxygen atoms in total. The summed E-state index contributed by atoms with van der Waals surface area (Å²) in [6.07, 6.45) is 3.14. The van der Waals surface area contributed by atoms with Crippen molar-refractivity contribution in [1.82, 2.24) is 5.32 Å². The van der Waals surface area contributed by atoms with Crippen LogP contribution in [0, 0.1) is 0 Å². The molecular weight excluding hydrogens is 264 g/mol. The van der Waals surface area contributed by atoms with E-state index in [0.717, 1.165) is 43.5 Å². The molecule has 1 amide bonds. The highest BCUT2D eigenvalue weighted by molar-refractivity contribution is 5.82. The highest BCUT2D eigenvalue weighted by atomic mass is 16.3. The Morgan fingerprint density at radius 2 is 2.10 bits per heavy atom. The average Bonchev–Trinajstić information content (AvgIpc) is 2.65. The van der Waals surface area contributed by atoms with E-state index in [2.05, 4.69) is 24.1 Å². The van der Waals surface area contributed by atoms with Gasteiger partial charge < -0.3 is 15.3 Å². The molecule has 0 aliphatic carbocycles. The molecule has 0 saturated heterocycles. The smallest absolute Gasteiger partial charge is 0.239 e. The second kappa shape index (κ2) is 7.46. The fourth-order valence-electron chi connectivity index (χ4n) is 2.91. The van der Waals surface area contributed by atoms with Gasteiger partial charge in [0.1, 0.15) is 0 Å². The summed E-state index contributed by atoms with van der Waals surface area (Å²) < 4.78 is 0. The first-order valence-corrected chi connectivity index (χ1v) is 7.97. The summed E-state index contributed by atoms with van der Waals surface area (Å²) in [5.41, 5.74) is 1.92. The van der Waals surface area contributed by atoms with E-state index in [1.807, 2.05) is 24.3 Å². The Morgan fingerprint density at radius 3 is 2.81 bits per heavy atom. The van der Waals surface area contributed by atoms with Crippen LogP contribution in [0.5, 0.6) is 0 Å². The molecule has 1 aromatic rings. The number of aliphatic hydroxyl groups is 1. The molecule has 1 heterocycles. The van der Waals surface area contributed by atoms with Crippen LogP contribution in [0.25, 0.3) is 0 Å². The van der Waals surface area contributed by atoms with Crippen LogP contribution in [-0.2, 0) is 4.79 Å². The highest BCUT2D eigenvalue weighted by Gasteiger charge is 2.22. The molecule has 0 radical (unpaired) electrons. The van der Waals surface area contributed by atoms with Crippen molar-refractivity contribution >= 4 is 11.6 Å². The summed E-state index contributed by atoms with van der Waals surface area (Å²) in [5, 5.41) is 13.3. The fourth-order valence-corrected chi connectivity index (χ4v) is 2.91. The van der Waals surface area contributed by atoms with E-state index in [0.29, 0.717) is 6.54 Å². The molecule has 0 fully saturated rings. The summed E-state index contributed by atoms with van der Waals surface area (Å²) >= 11 is 0. The summed E-state index contributed by atoms with van der Waals surface area (Å²) in [5.74, 6) is 0.0647. The summed E-state index contributed by atoms with van der Waals surface area (Å²) in [6, 6.07) is 8.11. The topological polar surface area (TPSA) is 52.6 Å². The Morgan fingerprint density at radius 1 is 1.38 bits per heavy atom. The molecule has 2 rings (SSSR count). The van der Waals surface area contributed by atoms with Gasteiger partial charge in [0, 0.05) is 23.8 Å². The van der Waals surface area contributed by atoms with Gasteiger partial charge in [-0.3, -0.25) is 4.79 Å². The van der Waals surface area contributed by atoms with Crippen molar-refractivity contribution in [3.63, 3.8) is 0 Å². The van der Waals surface area contributed by atoms with Gasteiger partial charge in [-0.25, -0.2) is 0 Å². The normalized spacial score (nSPS) is 18.3. The zero-order chi connectivity index (χ0) is 15.2. The van der Waals surface area contributed by atoms with Gasteiger partial charge in [0.15, 0.2) is 0 Å². The van der Waals surface area contributed by atoms with Crippen LogP contribution in [-0.4, -0.2) is 30.1 Å². The van der Waals surface area contributed by atoms with Crippen molar-refractivity contribution in [1.29, 1.82) is 0 Å². The second-order valence-electron chi connectivity index (χ2n) is 5.72. The minimum Gasteiger partial charge on any atom is -0.388 e. The lowest BCUT2D eigenvalue weighted by molar-refractivity contribution is -0.120. The number of nitrogens with zero attached hydrogens (tertiary/aromatic N) is 1. The zero-order valence-electron chi connectivity index (χ0n) is 13.0. The van der Waals surface area contributed by atoms with Gasteiger partial charge in [-0.2, -0.15) is 0 Å². The quantitative estimate of drug-likeness (QED) is 0.876. The molecule has 2 N–H and O–H groups in total. The first-order valence-electron chi connectivity index (χ1n) is 7.97. The standard InChI is InChI=1S/C17H26N2O2/c1-3-13(4-2)18-17(21)12-19-11-7-10-16(20)14-8-5-6-9-15(14)19/h5-6,8-9,13,16,20H,3-4,7,10-12H2,1-2H3,(H,18,21). The maximum atomic E-state index is 12.2. The van der Waals surface area contributed by atoms with E-state index in [-0.39, 0.29) is 11.9 Å². The van der Waals surface area contributed by atoms with Gasteiger partial charge in [0.2, 0.25) is 5.91 Å². The largest absolute Gasteiger partial charge is 0.388 e. The van der Waals surface area contributed by atoms with Crippen molar-refractivity contribution in [2.75, 3.05) is 18.0 Å². The van der Waals surface area contributed by atoms with Crippen LogP contribution in [0.15, 0.2) is 24.3 Å². The maximum absolute atomic E-state index is 12.2. The molecule has 0 aromatic heterocycles. The average molecular weight is 290 g/mol. The third kappa shape index (κ3) is 3.97. The number of anilines is 1.